The van der Waals surface area contributed by atoms with E-state index in [-0.39, 0.29) is 17.4 Å². The zero-order chi connectivity index (χ0) is 16.7. The molecule has 1 aliphatic heterocycles. The van der Waals surface area contributed by atoms with Crippen molar-refractivity contribution in [2.24, 2.45) is 5.92 Å². The molecule has 126 valence electrons. The van der Waals surface area contributed by atoms with Crippen molar-refractivity contribution in [2.75, 3.05) is 20.2 Å². The van der Waals surface area contributed by atoms with E-state index < -0.39 is 0 Å². The number of carbonyl (C=O) groups is 1. The van der Waals surface area contributed by atoms with Gasteiger partial charge in [-0.2, -0.15) is 0 Å². The number of methoxy groups -OCH3 is 1. The summed E-state index contributed by atoms with van der Waals surface area (Å²) in [5.41, 5.74) is 0.457. The van der Waals surface area contributed by atoms with Crippen LogP contribution in [0.3, 0.4) is 0 Å². The molecule has 2 heterocycles. The van der Waals surface area contributed by atoms with Gasteiger partial charge in [0, 0.05) is 25.4 Å². The molecular weight excluding hydrogens is 306 g/mol. The first-order valence-electron chi connectivity index (χ1n) is 8.50. The Labute approximate surface area is 139 Å². The van der Waals surface area contributed by atoms with Gasteiger partial charge in [0.1, 0.15) is 11.6 Å². The monoisotopic (exact) mass is 327 g/mol. The highest BCUT2D eigenvalue weighted by molar-refractivity contribution is 5.81. The molecule has 0 spiro atoms. The van der Waals surface area contributed by atoms with Crippen molar-refractivity contribution in [3.05, 3.63) is 34.4 Å². The third-order valence-electron chi connectivity index (χ3n) is 5.24. The molecule has 1 amide bonds. The van der Waals surface area contributed by atoms with Crippen LogP contribution in [0.5, 0.6) is 5.75 Å². The molecule has 6 nitrogen and oxygen atoms in total. The third-order valence-corrected chi connectivity index (χ3v) is 5.24. The van der Waals surface area contributed by atoms with Crippen molar-refractivity contribution in [1.82, 2.24) is 14.9 Å². The second kappa shape index (κ2) is 5.92. The van der Waals surface area contributed by atoms with Crippen molar-refractivity contribution in [3.8, 4) is 5.75 Å². The molecule has 2 aliphatic rings. The molecule has 1 aromatic heterocycles. The van der Waals surface area contributed by atoms with Crippen LogP contribution in [0.15, 0.2) is 23.0 Å². The molecular formula is C18H21N3O3. The summed E-state index contributed by atoms with van der Waals surface area (Å²) in [7, 11) is 1.57. The van der Waals surface area contributed by atoms with Gasteiger partial charge in [0.05, 0.1) is 18.0 Å². The summed E-state index contributed by atoms with van der Waals surface area (Å²) in [6.07, 6.45) is 4.15. The summed E-state index contributed by atoms with van der Waals surface area (Å²) in [6, 6.07) is 5.27. The summed E-state index contributed by atoms with van der Waals surface area (Å²) in [5, 5.41) is 0.508. The van der Waals surface area contributed by atoms with Crippen molar-refractivity contribution in [2.45, 2.75) is 31.6 Å². The quantitative estimate of drug-likeness (QED) is 0.932. The lowest BCUT2D eigenvalue weighted by Gasteiger charge is -2.30. The highest BCUT2D eigenvalue weighted by Gasteiger charge is 2.34. The van der Waals surface area contributed by atoms with Gasteiger partial charge in [0.25, 0.3) is 5.56 Å². The molecule has 0 unspecified atom stereocenters. The maximum atomic E-state index is 12.4. The predicted molar refractivity (Wildman–Crippen MR) is 90.2 cm³/mol. The Hall–Kier alpha value is -2.37. The van der Waals surface area contributed by atoms with Gasteiger partial charge in [-0.15, -0.1) is 0 Å². The Morgan fingerprint density at radius 3 is 2.88 bits per heavy atom. The maximum Gasteiger partial charge on any atom is 0.258 e. The summed E-state index contributed by atoms with van der Waals surface area (Å²) < 4.78 is 5.16. The van der Waals surface area contributed by atoms with E-state index in [0.29, 0.717) is 41.4 Å². The largest absolute Gasteiger partial charge is 0.497 e. The summed E-state index contributed by atoms with van der Waals surface area (Å²) in [5.74, 6) is 2.04. The van der Waals surface area contributed by atoms with E-state index in [2.05, 4.69) is 9.97 Å². The van der Waals surface area contributed by atoms with Crippen LogP contribution >= 0.6 is 0 Å². The van der Waals surface area contributed by atoms with E-state index in [0.717, 1.165) is 6.54 Å². The fraction of sp³-hybridized carbons (Fsp3) is 0.500. The van der Waals surface area contributed by atoms with Crippen LogP contribution in [0.4, 0.5) is 0 Å². The molecule has 1 atom stereocenters. The van der Waals surface area contributed by atoms with Crippen LogP contribution in [-0.4, -0.2) is 41.0 Å². The third kappa shape index (κ3) is 2.66. The molecule has 1 aliphatic carbocycles. The number of benzene rings is 1. The first-order valence-corrected chi connectivity index (χ1v) is 8.50. The van der Waals surface area contributed by atoms with Crippen LogP contribution in [0.25, 0.3) is 10.9 Å². The van der Waals surface area contributed by atoms with E-state index >= 15 is 0 Å². The molecule has 1 saturated heterocycles. The second-order valence-corrected chi connectivity index (χ2v) is 6.83. The number of aromatic amines is 1. The number of fused-ring (bicyclic) bond motifs is 1. The highest BCUT2D eigenvalue weighted by Crippen LogP contribution is 2.32. The smallest absolute Gasteiger partial charge is 0.258 e. The number of nitrogens with zero attached hydrogens (tertiary/aromatic N) is 2. The number of nitrogens with one attached hydrogen (secondary N) is 1. The molecule has 0 radical (unpaired) electrons. The fourth-order valence-corrected chi connectivity index (χ4v) is 3.58. The molecule has 6 heteroatoms. The fourth-order valence-electron chi connectivity index (χ4n) is 3.58. The number of rotatable bonds is 4. The maximum absolute atomic E-state index is 12.4. The van der Waals surface area contributed by atoms with Gasteiger partial charge in [-0.05, 0) is 37.0 Å². The summed E-state index contributed by atoms with van der Waals surface area (Å²) in [4.78, 5) is 34.0. The van der Waals surface area contributed by atoms with Gasteiger partial charge < -0.3 is 14.6 Å². The molecule has 4 rings (SSSR count). The van der Waals surface area contributed by atoms with E-state index in [9.17, 15) is 9.59 Å². The van der Waals surface area contributed by atoms with Gasteiger partial charge in [-0.3, -0.25) is 9.59 Å². The molecule has 24 heavy (non-hydrogen) atoms. The van der Waals surface area contributed by atoms with Crippen LogP contribution in [-0.2, 0) is 4.79 Å². The van der Waals surface area contributed by atoms with Crippen molar-refractivity contribution >= 4 is 16.8 Å². The molecule has 1 saturated carbocycles. The Bertz CT molecular complexity index is 841. The van der Waals surface area contributed by atoms with Crippen LogP contribution in [0, 0.1) is 5.92 Å². The lowest BCUT2D eigenvalue weighted by Crippen LogP contribution is -2.33. The van der Waals surface area contributed by atoms with E-state index in [4.69, 9.17) is 4.74 Å². The molecule has 1 N–H and O–H groups in total. The summed E-state index contributed by atoms with van der Waals surface area (Å²) >= 11 is 0. The second-order valence-electron chi connectivity index (χ2n) is 6.83. The topological polar surface area (TPSA) is 75.3 Å². The first-order chi connectivity index (χ1) is 11.6. The minimum absolute atomic E-state index is 0.0308. The lowest BCUT2D eigenvalue weighted by atomic mass is 9.85. The zero-order valence-corrected chi connectivity index (χ0v) is 13.7. The molecule has 2 aromatic rings. The number of carbonyl (C=O) groups excluding carboxylic acids is 1. The van der Waals surface area contributed by atoms with Crippen LogP contribution in [0.2, 0.25) is 0 Å². The van der Waals surface area contributed by atoms with Crippen LogP contribution < -0.4 is 10.3 Å². The Kier molecular flexibility index (Phi) is 3.75. The minimum atomic E-state index is -0.182. The Balaban J connectivity index is 1.60. The number of hydrogen-bond donors (Lipinski definition) is 1. The number of H-pyrrole nitrogens is 1. The number of hydrogen-bond acceptors (Lipinski definition) is 4. The highest BCUT2D eigenvalue weighted by atomic mass is 16.5. The minimum Gasteiger partial charge on any atom is -0.497 e. The number of aromatic nitrogens is 2. The summed E-state index contributed by atoms with van der Waals surface area (Å²) in [6.45, 7) is 1.50. The normalized spacial score (nSPS) is 21.3. The SMILES string of the molecule is COc1ccc2nc([C@@H]3CC(=O)N(CC4CCC4)C3)[nH]c(=O)c2c1. The Morgan fingerprint density at radius 1 is 1.33 bits per heavy atom. The molecule has 1 aromatic carbocycles. The number of amides is 1. The molecule has 0 bridgehead atoms. The first kappa shape index (κ1) is 15.2. The van der Waals surface area contributed by atoms with Crippen molar-refractivity contribution in [1.29, 1.82) is 0 Å². The Morgan fingerprint density at radius 2 is 2.17 bits per heavy atom. The van der Waals surface area contributed by atoms with Gasteiger partial charge in [-0.1, -0.05) is 6.42 Å². The number of likely N-dealkylation sites (tertiary alicyclic amines) is 1. The van der Waals surface area contributed by atoms with Gasteiger partial charge >= 0.3 is 0 Å². The van der Waals surface area contributed by atoms with E-state index in [1.807, 2.05) is 4.90 Å². The standard InChI is InChI=1S/C18H21N3O3/c1-24-13-5-6-15-14(8-13)18(23)20-17(19-15)12-7-16(22)21(10-12)9-11-3-2-4-11/h5-6,8,11-12H,2-4,7,9-10H2,1H3,(H,19,20,23)/t12-/m1/s1. The van der Waals surface area contributed by atoms with Gasteiger partial charge in [-0.25, -0.2) is 4.98 Å². The zero-order valence-electron chi connectivity index (χ0n) is 13.7. The van der Waals surface area contributed by atoms with E-state index in [1.54, 1.807) is 25.3 Å². The molecule has 2 fully saturated rings. The van der Waals surface area contributed by atoms with Crippen LogP contribution in [0.1, 0.15) is 37.4 Å². The van der Waals surface area contributed by atoms with Crippen molar-refractivity contribution in [3.63, 3.8) is 0 Å². The van der Waals surface area contributed by atoms with E-state index in [1.165, 1.54) is 19.3 Å². The average molecular weight is 327 g/mol. The number of ether oxygens (including phenoxy) is 1. The lowest BCUT2D eigenvalue weighted by molar-refractivity contribution is -0.128. The van der Waals surface area contributed by atoms with Crippen molar-refractivity contribution < 1.29 is 9.53 Å². The predicted octanol–water partition coefficient (Wildman–Crippen LogP) is 2.05. The average Bonchev–Trinajstić information content (AvgIpc) is 2.91. The van der Waals surface area contributed by atoms with Gasteiger partial charge in [0.2, 0.25) is 5.91 Å². The van der Waals surface area contributed by atoms with Gasteiger partial charge in [0.15, 0.2) is 0 Å².